The highest BCUT2D eigenvalue weighted by atomic mass is 16.1. The Labute approximate surface area is 96.2 Å². The van der Waals surface area contributed by atoms with Crippen molar-refractivity contribution in [3.63, 3.8) is 0 Å². The van der Waals surface area contributed by atoms with Crippen molar-refractivity contribution in [2.45, 2.75) is 26.2 Å². The highest BCUT2D eigenvalue weighted by Crippen LogP contribution is 2.20. The molecule has 1 aromatic carbocycles. The molecule has 0 bridgehead atoms. The van der Waals surface area contributed by atoms with Crippen LogP contribution in [-0.2, 0) is 4.79 Å². The van der Waals surface area contributed by atoms with Crippen LogP contribution in [0.5, 0.6) is 0 Å². The molecule has 0 atom stereocenters. The van der Waals surface area contributed by atoms with E-state index in [0.29, 0.717) is 6.42 Å². The molecule has 0 saturated heterocycles. The van der Waals surface area contributed by atoms with E-state index in [1.807, 2.05) is 37.3 Å². The van der Waals surface area contributed by atoms with E-state index < -0.39 is 0 Å². The maximum atomic E-state index is 11.5. The van der Waals surface area contributed by atoms with Crippen molar-refractivity contribution in [1.29, 1.82) is 0 Å². The zero-order valence-corrected chi connectivity index (χ0v) is 9.42. The standard InChI is InChI=1S/C15H14O/c1-12-14(8-5-9-15(12)16)11-10-13-6-3-2-4-7-13/h2-4,6-7H,5,8-9H2,1H3. The summed E-state index contributed by atoms with van der Waals surface area (Å²) in [5.41, 5.74) is 2.87. The van der Waals surface area contributed by atoms with Gasteiger partial charge in [0.05, 0.1) is 0 Å². The highest BCUT2D eigenvalue weighted by molar-refractivity contribution is 5.97. The van der Waals surface area contributed by atoms with Crippen LogP contribution in [0.15, 0.2) is 41.5 Å². The van der Waals surface area contributed by atoms with Crippen LogP contribution in [0, 0.1) is 11.8 Å². The molecule has 0 heterocycles. The van der Waals surface area contributed by atoms with Crippen LogP contribution >= 0.6 is 0 Å². The number of rotatable bonds is 0. The molecule has 0 saturated carbocycles. The second-order valence-electron chi connectivity index (χ2n) is 4.00. The molecule has 0 amide bonds. The van der Waals surface area contributed by atoms with Gasteiger partial charge in [-0.15, -0.1) is 0 Å². The summed E-state index contributed by atoms with van der Waals surface area (Å²) in [6.45, 7) is 1.89. The topological polar surface area (TPSA) is 17.1 Å². The maximum Gasteiger partial charge on any atom is 0.159 e. The zero-order chi connectivity index (χ0) is 11.4. The van der Waals surface area contributed by atoms with E-state index in [1.165, 1.54) is 0 Å². The quantitative estimate of drug-likeness (QED) is 0.601. The SMILES string of the molecule is CC1=C(C#Cc2ccccc2)CCCC1=O. The van der Waals surface area contributed by atoms with Crippen molar-refractivity contribution in [2.75, 3.05) is 0 Å². The first kappa shape index (κ1) is 10.7. The minimum Gasteiger partial charge on any atom is -0.295 e. The minimum atomic E-state index is 0.253. The number of hydrogen-bond acceptors (Lipinski definition) is 1. The fourth-order valence-electron chi connectivity index (χ4n) is 1.79. The monoisotopic (exact) mass is 210 g/mol. The number of Topliss-reactive ketones (excluding diaryl/α,β-unsaturated/α-hetero) is 1. The van der Waals surface area contributed by atoms with Crippen LogP contribution in [0.2, 0.25) is 0 Å². The lowest BCUT2D eigenvalue weighted by Gasteiger charge is -2.11. The van der Waals surface area contributed by atoms with Gasteiger partial charge in [0.15, 0.2) is 5.78 Å². The minimum absolute atomic E-state index is 0.253. The highest BCUT2D eigenvalue weighted by Gasteiger charge is 2.14. The van der Waals surface area contributed by atoms with Gasteiger partial charge in [-0.25, -0.2) is 0 Å². The van der Waals surface area contributed by atoms with E-state index in [4.69, 9.17) is 0 Å². The summed E-state index contributed by atoms with van der Waals surface area (Å²) in [6, 6.07) is 9.87. The predicted molar refractivity (Wildman–Crippen MR) is 64.9 cm³/mol. The molecular weight excluding hydrogens is 196 g/mol. The zero-order valence-electron chi connectivity index (χ0n) is 9.42. The van der Waals surface area contributed by atoms with E-state index in [2.05, 4.69) is 11.8 Å². The molecule has 0 aromatic heterocycles. The smallest absolute Gasteiger partial charge is 0.159 e. The molecule has 1 heteroatoms. The van der Waals surface area contributed by atoms with Crippen LogP contribution in [0.1, 0.15) is 31.7 Å². The van der Waals surface area contributed by atoms with Crippen molar-refractivity contribution in [1.82, 2.24) is 0 Å². The Morgan fingerprint density at radius 1 is 1.06 bits per heavy atom. The van der Waals surface area contributed by atoms with Gasteiger partial charge >= 0.3 is 0 Å². The molecule has 2 rings (SSSR count). The summed E-state index contributed by atoms with van der Waals surface area (Å²) >= 11 is 0. The fraction of sp³-hybridized carbons (Fsp3) is 0.267. The second kappa shape index (κ2) is 4.81. The van der Waals surface area contributed by atoms with Crippen LogP contribution in [0.4, 0.5) is 0 Å². The lowest BCUT2D eigenvalue weighted by molar-refractivity contribution is -0.116. The van der Waals surface area contributed by atoms with Gasteiger partial charge < -0.3 is 0 Å². The molecular formula is C15H14O. The number of carbonyl (C=O) groups excluding carboxylic acids is 1. The number of allylic oxidation sites excluding steroid dienone is 2. The molecule has 1 nitrogen and oxygen atoms in total. The van der Waals surface area contributed by atoms with Crippen LogP contribution in [-0.4, -0.2) is 5.78 Å². The first-order chi connectivity index (χ1) is 7.77. The maximum absolute atomic E-state index is 11.5. The molecule has 0 fully saturated rings. The lowest BCUT2D eigenvalue weighted by Crippen LogP contribution is -2.08. The van der Waals surface area contributed by atoms with E-state index in [9.17, 15) is 4.79 Å². The molecule has 1 aromatic rings. The predicted octanol–water partition coefficient (Wildman–Crippen LogP) is 3.11. The van der Waals surface area contributed by atoms with Crippen molar-refractivity contribution >= 4 is 5.78 Å². The summed E-state index contributed by atoms with van der Waals surface area (Å²) in [4.78, 5) is 11.5. The van der Waals surface area contributed by atoms with Crippen molar-refractivity contribution in [3.05, 3.63) is 47.0 Å². The van der Waals surface area contributed by atoms with Crippen molar-refractivity contribution in [3.8, 4) is 11.8 Å². The second-order valence-corrected chi connectivity index (χ2v) is 4.00. The Kier molecular flexibility index (Phi) is 3.22. The number of carbonyl (C=O) groups is 1. The number of ketones is 1. The van der Waals surface area contributed by atoms with Crippen LogP contribution in [0.25, 0.3) is 0 Å². The van der Waals surface area contributed by atoms with Gasteiger partial charge in [-0.05, 0) is 31.9 Å². The summed E-state index contributed by atoms with van der Waals surface area (Å²) in [6.07, 6.45) is 2.56. The van der Waals surface area contributed by atoms with E-state index >= 15 is 0 Å². The molecule has 1 aliphatic rings. The third-order valence-corrected chi connectivity index (χ3v) is 2.83. The molecule has 0 spiro atoms. The summed E-state index contributed by atoms with van der Waals surface area (Å²) < 4.78 is 0. The molecule has 0 unspecified atom stereocenters. The van der Waals surface area contributed by atoms with E-state index in [-0.39, 0.29) is 5.78 Å². The number of hydrogen-bond donors (Lipinski definition) is 0. The lowest BCUT2D eigenvalue weighted by atomic mass is 9.92. The van der Waals surface area contributed by atoms with Gasteiger partial charge in [-0.2, -0.15) is 0 Å². The van der Waals surface area contributed by atoms with Gasteiger partial charge in [0, 0.05) is 23.1 Å². The van der Waals surface area contributed by atoms with Crippen LogP contribution in [0.3, 0.4) is 0 Å². The molecule has 0 N–H and O–H groups in total. The first-order valence-corrected chi connectivity index (χ1v) is 5.57. The van der Waals surface area contributed by atoms with Crippen LogP contribution < -0.4 is 0 Å². The van der Waals surface area contributed by atoms with E-state index in [0.717, 1.165) is 29.6 Å². The Morgan fingerprint density at radius 3 is 2.56 bits per heavy atom. The molecule has 0 radical (unpaired) electrons. The first-order valence-electron chi connectivity index (χ1n) is 5.57. The Balaban J connectivity index is 2.25. The van der Waals surface area contributed by atoms with E-state index in [1.54, 1.807) is 0 Å². The third kappa shape index (κ3) is 2.41. The molecule has 0 aliphatic heterocycles. The Bertz CT molecular complexity index is 483. The van der Waals surface area contributed by atoms with Crippen molar-refractivity contribution in [2.24, 2.45) is 0 Å². The summed E-state index contributed by atoms with van der Waals surface area (Å²) in [7, 11) is 0. The average Bonchev–Trinajstić information content (AvgIpc) is 2.32. The molecule has 16 heavy (non-hydrogen) atoms. The summed E-state index contributed by atoms with van der Waals surface area (Å²) in [5, 5.41) is 0. The Hall–Kier alpha value is -1.81. The van der Waals surface area contributed by atoms with Crippen molar-refractivity contribution < 1.29 is 4.79 Å². The van der Waals surface area contributed by atoms with Gasteiger partial charge in [-0.3, -0.25) is 4.79 Å². The number of benzene rings is 1. The van der Waals surface area contributed by atoms with Gasteiger partial charge in [0.1, 0.15) is 0 Å². The summed E-state index contributed by atoms with van der Waals surface area (Å²) in [5.74, 6) is 6.49. The third-order valence-electron chi connectivity index (χ3n) is 2.83. The average molecular weight is 210 g/mol. The molecule has 1 aliphatic carbocycles. The van der Waals surface area contributed by atoms with Gasteiger partial charge in [-0.1, -0.05) is 30.0 Å². The Morgan fingerprint density at radius 2 is 1.81 bits per heavy atom. The van der Waals surface area contributed by atoms with Gasteiger partial charge in [0.25, 0.3) is 0 Å². The fourth-order valence-corrected chi connectivity index (χ4v) is 1.79. The van der Waals surface area contributed by atoms with Gasteiger partial charge in [0.2, 0.25) is 0 Å². The normalized spacial score (nSPS) is 15.7. The largest absolute Gasteiger partial charge is 0.295 e. The molecule has 80 valence electrons.